The van der Waals surface area contributed by atoms with Crippen LogP contribution in [0.2, 0.25) is 0 Å². The lowest BCUT2D eigenvalue weighted by Crippen LogP contribution is -2.10. The highest BCUT2D eigenvalue weighted by molar-refractivity contribution is 6.10. The molecule has 0 aliphatic rings. The van der Waals surface area contributed by atoms with Gasteiger partial charge in [0, 0.05) is 13.5 Å². The Labute approximate surface area is 308 Å². The van der Waals surface area contributed by atoms with Crippen molar-refractivity contribution in [2.75, 3.05) is 0 Å². The fourth-order valence-corrected chi connectivity index (χ4v) is 7.39. The monoisotopic (exact) mass is 686 g/mol. The molecule has 0 aliphatic heterocycles. The first-order chi connectivity index (χ1) is 25.7. The molecule has 4 heteroatoms. The Morgan fingerprint density at radius 1 is 0.692 bits per heavy atom. The van der Waals surface area contributed by atoms with Gasteiger partial charge in [0.25, 0.3) is 0 Å². The van der Waals surface area contributed by atoms with Crippen LogP contribution >= 0.6 is 0 Å². The van der Waals surface area contributed by atoms with Crippen LogP contribution in [0, 0.1) is 11.2 Å². The Bertz CT molecular complexity index is 2650. The topological polar surface area (TPSA) is 31.0 Å². The second-order valence-electron chi connectivity index (χ2n) is 15.5. The van der Waals surface area contributed by atoms with E-state index in [1.165, 1.54) is 23.3 Å². The third kappa shape index (κ3) is 6.11. The summed E-state index contributed by atoms with van der Waals surface area (Å²) in [5.41, 5.74) is 12.1. The molecule has 0 bridgehead atoms. The van der Waals surface area contributed by atoms with Crippen molar-refractivity contribution in [3.05, 3.63) is 144 Å². The zero-order chi connectivity index (χ0) is 38.1. The number of imidazole rings is 1. The molecule has 2 aromatic heterocycles. The van der Waals surface area contributed by atoms with Crippen LogP contribution in [0.3, 0.4) is 0 Å². The van der Waals surface area contributed by atoms with Crippen LogP contribution in [-0.2, 0) is 6.37 Å². The van der Waals surface area contributed by atoms with Gasteiger partial charge in [0.2, 0.25) is 0 Å². The largest absolute Gasteiger partial charge is 0.455 e. The maximum atomic E-state index is 13.7. The number of rotatable bonds is 7. The zero-order valence-corrected chi connectivity index (χ0v) is 30.9. The second kappa shape index (κ2) is 12.9. The summed E-state index contributed by atoms with van der Waals surface area (Å²) >= 11 is 0. The van der Waals surface area contributed by atoms with E-state index in [0.717, 1.165) is 72.3 Å². The van der Waals surface area contributed by atoms with Gasteiger partial charge in [-0.25, -0.2) is 9.37 Å². The van der Waals surface area contributed by atoms with Crippen molar-refractivity contribution in [2.45, 2.75) is 66.7 Å². The molecule has 0 saturated carbocycles. The molecule has 8 aromatic rings. The number of furan rings is 1. The molecule has 0 amide bonds. The fraction of sp³-hybridized carbons (Fsp3) is 0.229. The van der Waals surface area contributed by atoms with E-state index in [9.17, 15) is 4.39 Å². The Morgan fingerprint density at radius 2 is 1.33 bits per heavy atom. The number of hydrogen-bond donors (Lipinski definition) is 0. The molecule has 8 rings (SSSR count). The van der Waals surface area contributed by atoms with Gasteiger partial charge < -0.3 is 4.42 Å². The van der Waals surface area contributed by atoms with Gasteiger partial charge in [-0.3, -0.25) is 4.57 Å². The smallest absolute Gasteiger partial charge is 0.149 e. The highest BCUT2D eigenvalue weighted by atomic mass is 19.1. The third-order valence-electron chi connectivity index (χ3n) is 9.85. The van der Waals surface area contributed by atoms with Crippen LogP contribution < -0.4 is 0 Å². The summed E-state index contributed by atoms with van der Waals surface area (Å²) in [7, 11) is 0. The zero-order valence-electron chi connectivity index (χ0n) is 32.9. The molecule has 0 spiro atoms. The van der Waals surface area contributed by atoms with Gasteiger partial charge in [-0.2, -0.15) is 0 Å². The lowest BCUT2D eigenvalue weighted by atomic mass is 9.86. The summed E-state index contributed by atoms with van der Waals surface area (Å²) in [5, 5.41) is 2.02. The normalized spacial score (nSPS) is 13.1. The molecule has 0 atom stereocenters. The van der Waals surface area contributed by atoms with Crippen molar-refractivity contribution < 1.29 is 11.5 Å². The van der Waals surface area contributed by atoms with Gasteiger partial charge in [-0.15, -0.1) is 0 Å². The van der Waals surface area contributed by atoms with Crippen molar-refractivity contribution in [3.63, 3.8) is 0 Å². The van der Waals surface area contributed by atoms with Gasteiger partial charge in [-0.1, -0.05) is 115 Å². The molecule has 0 N–H and O–H groups in total. The van der Waals surface area contributed by atoms with Crippen LogP contribution in [0.15, 0.2) is 126 Å². The van der Waals surface area contributed by atoms with E-state index in [-0.39, 0.29) is 17.7 Å². The van der Waals surface area contributed by atoms with E-state index in [0.29, 0.717) is 5.56 Å². The first-order valence-corrected chi connectivity index (χ1v) is 18.2. The van der Waals surface area contributed by atoms with Crippen LogP contribution in [0.1, 0.15) is 79.7 Å². The summed E-state index contributed by atoms with van der Waals surface area (Å²) in [4.78, 5) is 5.32. The summed E-state index contributed by atoms with van der Waals surface area (Å²) in [6.45, 7) is 14.8. The number of halogens is 1. The summed E-state index contributed by atoms with van der Waals surface area (Å²) in [5.74, 6) is 0.924. The highest BCUT2D eigenvalue weighted by Gasteiger charge is 2.25. The first-order valence-electron chi connectivity index (χ1n) is 19.2. The summed E-state index contributed by atoms with van der Waals surface area (Å²) in [6, 6.07) is 39.9. The molecule has 0 aliphatic carbocycles. The number of hydrogen-bond acceptors (Lipinski definition) is 2. The summed E-state index contributed by atoms with van der Waals surface area (Å²) in [6.07, 6.45) is -1.46. The van der Waals surface area contributed by atoms with Crippen molar-refractivity contribution >= 4 is 33.0 Å². The number of para-hydroxylation sites is 3. The Balaban J connectivity index is 1.34. The van der Waals surface area contributed by atoms with Gasteiger partial charge in [0.05, 0.1) is 22.3 Å². The molecule has 0 fully saturated rings. The lowest BCUT2D eigenvalue weighted by molar-refractivity contribution is 0.411. The van der Waals surface area contributed by atoms with E-state index in [1.54, 1.807) is 12.1 Å². The second-order valence-corrected chi connectivity index (χ2v) is 15.5. The number of benzene rings is 6. The van der Waals surface area contributed by atoms with E-state index in [4.69, 9.17) is 12.1 Å². The minimum Gasteiger partial charge on any atom is -0.455 e. The average molecular weight is 687 g/mol. The molecular formula is C48H45FN2O. The predicted octanol–water partition coefficient (Wildman–Crippen LogP) is 13.9. The number of nitrogens with zero attached hydrogens (tertiary/aromatic N) is 2. The maximum Gasteiger partial charge on any atom is 0.149 e. The molecular weight excluding hydrogens is 640 g/mol. The minimum atomic E-state index is -1.46. The summed E-state index contributed by atoms with van der Waals surface area (Å²) < 4.78 is 40.4. The molecule has 0 radical (unpaired) electrons. The average Bonchev–Trinajstić information content (AvgIpc) is 3.72. The van der Waals surface area contributed by atoms with E-state index >= 15 is 0 Å². The molecule has 52 heavy (non-hydrogen) atoms. The number of aromatic nitrogens is 2. The van der Waals surface area contributed by atoms with Crippen LogP contribution in [0.25, 0.3) is 72.3 Å². The van der Waals surface area contributed by atoms with E-state index < -0.39 is 11.8 Å². The quantitative estimate of drug-likeness (QED) is 0.167. The third-order valence-corrected chi connectivity index (χ3v) is 9.85. The van der Waals surface area contributed by atoms with Crippen molar-refractivity contribution in [3.8, 4) is 39.3 Å². The molecule has 2 heterocycles. The first kappa shape index (κ1) is 31.3. The van der Waals surface area contributed by atoms with Crippen LogP contribution in [-0.4, -0.2) is 9.55 Å². The molecule has 3 nitrogen and oxygen atoms in total. The maximum absolute atomic E-state index is 13.7. The van der Waals surface area contributed by atoms with Gasteiger partial charge >= 0.3 is 0 Å². The van der Waals surface area contributed by atoms with Crippen LogP contribution in [0.4, 0.5) is 4.39 Å². The minimum absolute atomic E-state index is 0.188. The van der Waals surface area contributed by atoms with Crippen LogP contribution in [0.5, 0.6) is 0 Å². The molecule has 260 valence electrons. The number of fused-ring (bicyclic) bond motifs is 4. The fourth-order valence-electron chi connectivity index (χ4n) is 7.39. The lowest BCUT2D eigenvalue weighted by Gasteiger charge is -2.24. The standard InChI is InChI=1S/C48H45FN2O/c1-29(2)40-25-35(33-17-15-31(16-18-33)28-48(5,6)7)26-41(30(3)4)45(40)51-43-14-9-8-13-42(43)50-47(51)39-12-10-11-38-37-24-21-34(27-44(37)52-46(38)39)32-19-22-36(49)23-20-32/h8-27,29-30H,28H2,1-7H3/i28D2. The van der Waals surface area contributed by atoms with Gasteiger partial charge in [0.1, 0.15) is 22.8 Å². The van der Waals surface area contributed by atoms with Crippen molar-refractivity contribution in [1.82, 2.24) is 9.55 Å². The molecule has 6 aromatic carbocycles. The Kier molecular flexibility index (Phi) is 7.78. The SMILES string of the molecule is [2H]C([2H])(c1ccc(-c2cc(C(C)C)c(-n3c(-c4cccc5c4oc4cc(-c6ccc(F)cc6)ccc45)nc4ccccc43)c(C(C)C)c2)cc1)C(C)(C)C. The predicted molar refractivity (Wildman–Crippen MR) is 216 cm³/mol. The van der Waals surface area contributed by atoms with E-state index in [2.05, 4.69) is 105 Å². The highest BCUT2D eigenvalue weighted by Crippen LogP contribution is 2.43. The molecule has 0 saturated heterocycles. The van der Waals surface area contributed by atoms with Crippen molar-refractivity contribution in [1.29, 1.82) is 0 Å². The van der Waals surface area contributed by atoms with E-state index in [1.807, 2.05) is 45.0 Å². The van der Waals surface area contributed by atoms with Gasteiger partial charge in [0.15, 0.2) is 0 Å². The van der Waals surface area contributed by atoms with Crippen molar-refractivity contribution in [2.24, 2.45) is 5.41 Å². The Morgan fingerprint density at radius 3 is 2.00 bits per heavy atom. The van der Waals surface area contributed by atoms with Gasteiger partial charge in [-0.05, 0) is 117 Å². The molecule has 0 unspecified atom stereocenters. The Hall–Kier alpha value is -5.48.